The molecule has 0 spiro atoms. The second-order valence-corrected chi connectivity index (χ2v) is 10.7. The van der Waals surface area contributed by atoms with Crippen LogP contribution in [0.2, 0.25) is 0 Å². The van der Waals surface area contributed by atoms with Gasteiger partial charge in [-0.1, -0.05) is 23.5 Å². The van der Waals surface area contributed by atoms with Gasteiger partial charge in [-0.2, -0.15) is 9.65 Å². The number of nitriles is 1. The third kappa shape index (κ3) is 6.31. The van der Waals surface area contributed by atoms with Crippen LogP contribution in [0.5, 0.6) is 0 Å². The molecule has 0 atom stereocenters. The van der Waals surface area contributed by atoms with Crippen molar-refractivity contribution < 1.29 is 9.18 Å². The molecule has 1 N–H and O–H groups in total. The highest BCUT2D eigenvalue weighted by Gasteiger charge is 2.18. The van der Waals surface area contributed by atoms with Crippen LogP contribution in [0.4, 0.5) is 21.2 Å². The van der Waals surface area contributed by atoms with Crippen LogP contribution in [-0.2, 0) is 6.42 Å². The SMILES string of the molecule is CN1CCN(c2cc(Nc3ncc(C#N)s3)nc(Sc3ccc(CC(=O)c4cccnc4F)cc3)n2)CC1. The van der Waals surface area contributed by atoms with Crippen LogP contribution in [-0.4, -0.2) is 63.8 Å². The minimum absolute atomic E-state index is 0.0118. The molecule has 0 unspecified atom stereocenters. The van der Waals surface area contributed by atoms with Crippen molar-refractivity contribution in [1.29, 1.82) is 5.26 Å². The number of hydrogen-bond donors (Lipinski definition) is 1. The zero-order valence-corrected chi connectivity index (χ0v) is 22.1. The number of ketones is 1. The zero-order valence-electron chi connectivity index (χ0n) is 20.5. The fourth-order valence-corrected chi connectivity index (χ4v) is 5.26. The first-order valence-corrected chi connectivity index (χ1v) is 13.5. The number of nitrogens with zero attached hydrogens (tertiary/aromatic N) is 7. The lowest BCUT2D eigenvalue weighted by atomic mass is 10.0. The maximum Gasteiger partial charge on any atom is 0.223 e. The van der Waals surface area contributed by atoms with Crippen LogP contribution in [0.15, 0.2) is 64.9 Å². The van der Waals surface area contributed by atoms with E-state index in [1.54, 1.807) is 6.07 Å². The summed E-state index contributed by atoms with van der Waals surface area (Å²) in [7, 11) is 2.10. The molecule has 12 heteroatoms. The van der Waals surface area contributed by atoms with Gasteiger partial charge in [0.25, 0.3) is 0 Å². The highest BCUT2D eigenvalue weighted by molar-refractivity contribution is 7.99. The molecule has 3 aromatic heterocycles. The van der Waals surface area contributed by atoms with Gasteiger partial charge in [0.05, 0.1) is 11.8 Å². The number of aromatic nitrogens is 4. The summed E-state index contributed by atoms with van der Waals surface area (Å²) in [6, 6.07) is 14.5. The summed E-state index contributed by atoms with van der Waals surface area (Å²) >= 11 is 2.66. The number of carbonyl (C=O) groups excluding carboxylic acids is 1. The number of anilines is 3. The predicted octanol–water partition coefficient (Wildman–Crippen LogP) is 4.41. The number of nitrogens with one attached hydrogen (secondary N) is 1. The van der Waals surface area contributed by atoms with Crippen molar-refractivity contribution in [1.82, 2.24) is 24.8 Å². The van der Waals surface area contributed by atoms with Gasteiger partial charge in [0.2, 0.25) is 5.95 Å². The van der Waals surface area contributed by atoms with Crippen molar-refractivity contribution >= 4 is 45.6 Å². The smallest absolute Gasteiger partial charge is 0.223 e. The van der Waals surface area contributed by atoms with Crippen LogP contribution in [0.3, 0.4) is 0 Å². The monoisotopic (exact) mass is 546 g/mol. The van der Waals surface area contributed by atoms with Crippen molar-refractivity contribution in [3.63, 3.8) is 0 Å². The quantitative estimate of drug-likeness (QED) is 0.194. The molecule has 4 heterocycles. The third-order valence-corrected chi connectivity index (χ3v) is 7.62. The molecule has 4 aromatic rings. The van der Waals surface area contributed by atoms with E-state index in [4.69, 9.17) is 10.2 Å². The number of piperazine rings is 1. The molecule has 1 aliphatic heterocycles. The van der Waals surface area contributed by atoms with E-state index in [9.17, 15) is 9.18 Å². The van der Waals surface area contributed by atoms with E-state index in [-0.39, 0.29) is 17.8 Å². The molecule has 38 heavy (non-hydrogen) atoms. The molecule has 9 nitrogen and oxygen atoms in total. The van der Waals surface area contributed by atoms with Crippen molar-refractivity contribution in [3.8, 4) is 6.07 Å². The second-order valence-electron chi connectivity index (χ2n) is 8.64. The average Bonchev–Trinajstić information content (AvgIpc) is 3.38. The molecule has 0 radical (unpaired) electrons. The fraction of sp³-hybridized carbons (Fsp3) is 0.231. The van der Waals surface area contributed by atoms with Crippen LogP contribution in [0.1, 0.15) is 20.8 Å². The standard InChI is InChI=1S/C26H23FN8OS2/c1-34-9-11-35(12-10-34)23-14-22(31-25-30-16-19(15-28)38-25)32-26(33-23)37-18-6-4-17(5-7-18)13-21(36)20-3-2-8-29-24(20)27/h2-8,14,16H,9-13H2,1H3,(H,30,31,32,33). The van der Waals surface area contributed by atoms with Crippen LogP contribution < -0.4 is 10.2 Å². The third-order valence-electron chi connectivity index (χ3n) is 5.93. The number of carbonyl (C=O) groups is 1. The lowest BCUT2D eigenvalue weighted by Crippen LogP contribution is -2.44. The molecule has 1 aromatic carbocycles. The van der Waals surface area contributed by atoms with Gasteiger partial charge in [-0.25, -0.2) is 19.9 Å². The minimum atomic E-state index is -0.756. The number of rotatable bonds is 8. The van der Waals surface area contributed by atoms with Gasteiger partial charge in [-0.3, -0.25) is 4.79 Å². The Hall–Kier alpha value is -3.92. The normalized spacial score (nSPS) is 13.8. The maximum absolute atomic E-state index is 13.8. The van der Waals surface area contributed by atoms with Crippen molar-refractivity contribution in [2.24, 2.45) is 0 Å². The highest BCUT2D eigenvalue weighted by atomic mass is 32.2. The number of thiazole rings is 1. The van der Waals surface area contributed by atoms with Crippen LogP contribution in [0, 0.1) is 17.3 Å². The van der Waals surface area contributed by atoms with Crippen LogP contribution in [0.25, 0.3) is 0 Å². The molecule has 0 aliphatic carbocycles. The number of benzene rings is 1. The van der Waals surface area contributed by atoms with E-state index in [2.05, 4.69) is 43.2 Å². The van der Waals surface area contributed by atoms with E-state index in [0.717, 1.165) is 42.5 Å². The molecule has 5 rings (SSSR count). The lowest BCUT2D eigenvalue weighted by molar-refractivity contribution is 0.0988. The van der Waals surface area contributed by atoms with E-state index >= 15 is 0 Å². The van der Waals surface area contributed by atoms with Gasteiger partial charge in [-0.05, 0) is 48.6 Å². The largest absolute Gasteiger partial charge is 0.354 e. The van der Waals surface area contributed by atoms with Crippen molar-refractivity contribution in [2.75, 3.05) is 43.4 Å². The summed E-state index contributed by atoms with van der Waals surface area (Å²) in [4.78, 5) is 35.7. The number of halogens is 1. The Balaban J connectivity index is 1.34. The zero-order chi connectivity index (χ0) is 26.5. The summed E-state index contributed by atoms with van der Waals surface area (Å²) in [5.74, 6) is 0.330. The summed E-state index contributed by atoms with van der Waals surface area (Å²) < 4.78 is 13.8. The van der Waals surface area contributed by atoms with Gasteiger partial charge >= 0.3 is 0 Å². The molecule has 1 fully saturated rings. The Morgan fingerprint density at radius 1 is 1.16 bits per heavy atom. The van der Waals surface area contributed by atoms with E-state index in [1.807, 2.05) is 30.3 Å². The highest BCUT2D eigenvalue weighted by Crippen LogP contribution is 2.30. The van der Waals surface area contributed by atoms with Gasteiger partial charge < -0.3 is 15.1 Å². The van der Waals surface area contributed by atoms with Gasteiger partial charge in [0.15, 0.2) is 16.1 Å². The fourth-order valence-electron chi connectivity index (χ4n) is 3.87. The predicted molar refractivity (Wildman–Crippen MR) is 145 cm³/mol. The maximum atomic E-state index is 13.8. The molecular weight excluding hydrogens is 523 g/mol. The second kappa shape index (κ2) is 11.6. The van der Waals surface area contributed by atoms with Crippen LogP contribution >= 0.6 is 23.1 Å². The number of pyridine rings is 1. The summed E-state index contributed by atoms with van der Waals surface area (Å²) in [5.41, 5.74) is 0.761. The Bertz CT molecular complexity index is 1480. The molecular formula is C26H23FN8OS2. The Kier molecular flexibility index (Phi) is 7.88. The first-order chi connectivity index (χ1) is 18.5. The molecule has 1 aliphatic rings. The molecule has 192 valence electrons. The van der Waals surface area contributed by atoms with E-state index in [0.29, 0.717) is 21.0 Å². The van der Waals surface area contributed by atoms with Gasteiger partial charge in [0, 0.05) is 49.8 Å². The van der Waals surface area contributed by atoms with Gasteiger partial charge in [0.1, 0.15) is 22.6 Å². The average molecular weight is 547 g/mol. The van der Waals surface area contributed by atoms with E-state index in [1.165, 1.54) is 41.6 Å². The molecule has 0 amide bonds. The lowest BCUT2D eigenvalue weighted by Gasteiger charge is -2.33. The number of hydrogen-bond acceptors (Lipinski definition) is 11. The molecule has 0 bridgehead atoms. The number of Topliss-reactive ketones (excluding diaryl/α,β-unsaturated/α-hetero) is 1. The van der Waals surface area contributed by atoms with Crippen molar-refractivity contribution in [2.45, 2.75) is 16.5 Å². The summed E-state index contributed by atoms with van der Waals surface area (Å²) in [5, 5.41) is 13.5. The topological polar surface area (TPSA) is 111 Å². The summed E-state index contributed by atoms with van der Waals surface area (Å²) in [6.45, 7) is 3.59. The summed E-state index contributed by atoms with van der Waals surface area (Å²) in [6.07, 6.45) is 2.93. The Morgan fingerprint density at radius 2 is 1.95 bits per heavy atom. The first kappa shape index (κ1) is 25.7. The van der Waals surface area contributed by atoms with E-state index < -0.39 is 5.95 Å². The van der Waals surface area contributed by atoms with Crippen molar-refractivity contribution in [3.05, 3.63) is 76.8 Å². The Labute approximate surface area is 227 Å². The first-order valence-electron chi connectivity index (χ1n) is 11.8. The molecule has 1 saturated heterocycles. The number of likely N-dealkylation sites (N-methyl/N-ethyl adjacent to an activating group) is 1. The minimum Gasteiger partial charge on any atom is -0.354 e. The Morgan fingerprint density at radius 3 is 2.66 bits per heavy atom. The van der Waals surface area contributed by atoms with Gasteiger partial charge in [-0.15, -0.1) is 0 Å². The molecule has 0 saturated carbocycles.